The number of hydrogen-bond acceptors (Lipinski definition) is 7. The van der Waals surface area contributed by atoms with E-state index in [1.54, 1.807) is 36.4 Å². The van der Waals surface area contributed by atoms with Gasteiger partial charge in [-0.15, -0.1) is 11.8 Å². The highest BCUT2D eigenvalue weighted by Crippen LogP contribution is 2.16. The molecule has 27 heavy (non-hydrogen) atoms. The molecule has 0 aliphatic heterocycles. The van der Waals surface area contributed by atoms with Crippen LogP contribution in [0.4, 0.5) is 5.69 Å². The summed E-state index contributed by atoms with van der Waals surface area (Å²) < 4.78 is 4.92. The number of nitrogens with one attached hydrogen (secondary N) is 1. The number of non-ortho nitro benzene ring substituents is 1. The van der Waals surface area contributed by atoms with E-state index in [-0.39, 0.29) is 17.3 Å². The fraction of sp³-hybridized carbons (Fsp3) is 0.167. The molecule has 1 amide bonds. The van der Waals surface area contributed by atoms with Crippen molar-refractivity contribution in [3.8, 4) is 5.75 Å². The maximum Gasteiger partial charge on any atom is 0.308 e. The van der Waals surface area contributed by atoms with Crippen molar-refractivity contribution in [1.82, 2.24) is 5.43 Å². The maximum absolute atomic E-state index is 11.7. The summed E-state index contributed by atoms with van der Waals surface area (Å²) in [6.45, 7) is 1.32. The van der Waals surface area contributed by atoms with Crippen molar-refractivity contribution in [2.24, 2.45) is 5.10 Å². The number of esters is 1. The van der Waals surface area contributed by atoms with Gasteiger partial charge in [0.15, 0.2) is 0 Å². The van der Waals surface area contributed by atoms with Crippen LogP contribution in [0.1, 0.15) is 18.1 Å². The Morgan fingerprint density at radius 1 is 1.19 bits per heavy atom. The number of amides is 1. The number of hydrazone groups is 1. The van der Waals surface area contributed by atoms with E-state index < -0.39 is 10.9 Å². The molecular weight excluding hydrogens is 370 g/mol. The number of nitro benzene ring substituents is 1. The zero-order chi connectivity index (χ0) is 19.6. The van der Waals surface area contributed by atoms with Crippen LogP contribution in [0, 0.1) is 10.1 Å². The Morgan fingerprint density at radius 3 is 2.44 bits per heavy atom. The summed E-state index contributed by atoms with van der Waals surface area (Å²) >= 11 is 1.38. The van der Waals surface area contributed by atoms with Crippen LogP contribution < -0.4 is 10.2 Å². The Morgan fingerprint density at radius 2 is 1.85 bits per heavy atom. The number of nitro groups is 1. The number of benzene rings is 2. The predicted molar refractivity (Wildman–Crippen MR) is 103 cm³/mol. The van der Waals surface area contributed by atoms with Crippen LogP contribution >= 0.6 is 11.8 Å². The molecule has 0 bridgehead atoms. The lowest BCUT2D eigenvalue weighted by molar-refractivity contribution is -0.384. The van der Waals surface area contributed by atoms with Crippen molar-refractivity contribution >= 4 is 35.5 Å². The lowest BCUT2D eigenvalue weighted by Crippen LogP contribution is -2.19. The van der Waals surface area contributed by atoms with Crippen LogP contribution in [0.2, 0.25) is 0 Å². The van der Waals surface area contributed by atoms with E-state index in [2.05, 4.69) is 10.5 Å². The molecule has 2 aromatic rings. The first kappa shape index (κ1) is 20.1. The van der Waals surface area contributed by atoms with Gasteiger partial charge in [-0.2, -0.15) is 5.10 Å². The lowest BCUT2D eigenvalue weighted by Gasteiger charge is -2.02. The van der Waals surface area contributed by atoms with Gasteiger partial charge in [0.05, 0.1) is 16.9 Å². The van der Waals surface area contributed by atoms with Gasteiger partial charge in [0.25, 0.3) is 5.69 Å². The molecule has 8 nitrogen and oxygen atoms in total. The van der Waals surface area contributed by atoms with Gasteiger partial charge in [-0.05, 0) is 35.4 Å². The first-order valence-corrected chi connectivity index (χ1v) is 9.01. The Kier molecular flexibility index (Phi) is 7.50. The predicted octanol–water partition coefficient (Wildman–Crippen LogP) is 2.90. The van der Waals surface area contributed by atoms with E-state index in [0.29, 0.717) is 11.5 Å². The van der Waals surface area contributed by atoms with E-state index in [9.17, 15) is 19.7 Å². The highest BCUT2D eigenvalue weighted by Gasteiger charge is 2.05. The average Bonchev–Trinajstić information content (AvgIpc) is 2.63. The molecule has 0 atom stereocenters. The minimum absolute atomic E-state index is 0.0386. The smallest absolute Gasteiger partial charge is 0.308 e. The molecule has 0 fully saturated rings. The third-order valence-corrected chi connectivity index (χ3v) is 4.20. The Labute approximate surface area is 159 Å². The third kappa shape index (κ3) is 7.28. The van der Waals surface area contributed by atoms with Gasteiger partial charge in [-0.3, -0.25) is 19.7 Å². The fourth-order valence-electron chi connectivity index (χ4n) is 1.97. The van der Waals surface area contributed by atoms with Crippen molar-refractivity contribution < 1.29 is 19.2 Å². The molecule has 0 unspecified atom stereocenters. The normalized spacial score (nSPS) is 10.6. The lowest BCUT2D eigenvalue weighted by atomic mass is 10.2. The van der Waals surface area contributed by atoms with Gasteiger partial charge in [0.1, 0.15) is 5.75 Å². The van der Waals surface area contributed by atoms with Crippen LogP contribution in [-0.2, 0) is 15.3 Å². The minimum Gasteiger partial charge on any atom is -0.427 e. The van der Waals surface area contributed by atoms with E-state index in [0.717, 1.165) is 11.1 Å². The molecule has 0 aromatic heterocycles. The molecule has 1 N–H and O–H groups in total. The maximum atomic E-state index is 11.7. The number of carbonyl (C=O) groups excluding carboxylic acids is 2. The molecule has 0 radical (unpaired) electrons. The summed E-state index contributed by atoms with van der Waals surface area (Å²) in [4.78, 5) is 32.7. The molecule has 0 heterocycles. The second kappa shape index (κ2) is 10.1. The number of ether oxygens (including phenoxy) is 1. The molecule has 140 valence electrons. The fourth-order valence-corrected chi connectivity index (χ4v) is 2.75. The molecule has 2 rings (SSSR count). The highest BCUT2D eigenvalue weighted by atomic mass is 32.2. The van der Waals surface area contributed by atoms with Crippen molar-refractivity contribution in [3.63, 3.8) is 0 Å². The van der Waals surface area contributed by atoms with Gasteiger partial charge in [-0.1, -0.05) is 12.1 Å². The molecule has 0 saturated carbocycles. The van der Waals surface area contributed by atoms with Crippen molar-refractivity contribution in [3.05, 3.63) is 69.8 Å². The van der Waals surface area contributed by atoms with Crippen LogP contribution in [0.15, 0.2) is 53.6 Å². The van der Waals surface area contributed by atoms with Crippen molar-refractivity contribution in [1.29, 1.82) is 0 Å². The molecule has 0 spiro atoms. The number of hydrogen-bond donors (Lipinski definition) is 1. The van der Waals surface area contributed by atoms with E-state index in [1.165, 1.54) is 37.0 Å². The van der Waals surface area contributed by atoms with Gasteiger partial charge in [-0.25, -0.2) is 5.43 Å². The standard InChI is InChI=1S/C18H17N3O5S/c1-13(22)26-17-8-4-14(5-9-17)10-19-20-18(23)12-27-11-15-2-6-16(7-3-15)21(24)25/h2-10H,11-12H2,1H3,(H,20,23)/b19-10-. The van der Waals surface area contributed by atoms with Gasteiger partial charge >= 0.3 is 5.97 Å². The monoisotopic (exact) mass is 387 g/mol. The molecule has 0 aliphatic carbocycles. The Bertz CT molecular complexity index is 835. The molecule has 0 aliphatic rings. The zero-order valence-electron chi connectivity index (χ0n) is 14.5. The quantitative estimate of drug-likeness (QED) is 0.245. The number of rotatable bonds is 8. The molecular formula is C18H17N3O5S. The molecule has 9 heteroatoms. The largest absolute Gasteiger partial charge is 0.427 e. The first-order chi connectivity index (χ1) is 12.9. The van der Waals surface area contributed by atoms with Gasteiger partial charge < -0.3 is 4.74 Å². The minimum atomic E-state index is -0.452. The van der Waals surface area contributed by atoms with Crippen LogP contribution in [0.3, 0.4) is 0 Å². The summed E-state index contributed by atoms with van der Waals surface area (Å²) in [7, 11) is 0. The Hall–Kier alpha value is -3.20. The van der Waals surface area contributed by atoms with Crippen molar-refractivity contribution in [2.45, 2.75) is 12.7 Å². The summed E-state index contributed by atoms with van der Waals surface area (Å²) in [5.74, 6) is 0.558. The second-order valence-electron chi connectivity index (χ2n) is 5.37. The summed E-state index contributed by atoms with van der Waals surface area (Å²) in [6.07, 6.45) is 1.48. The summed E-state index contributed by atoms with van der Waals surface area (Å²) in [6, 6.07) is 12.9. The SMILES string of the molecule is CC(=O)Oc1ccc(/C=N\NC(=O)CSCc2ccc([N+](=O)[O-])cc2)cc1. The third-order valence-electron chi connectivity index (χ3n) is 3.19. The van der Waals surface area contributed by atoms with Crippen LogP contribution in [0.25, 0.3) is 0 Å². The Balaban J connectivity index is 1.71. The zero-order valence-corrected chi connectivity index (χ0v) is 15.3. The van der Waals surface area contributed by atoms with Crippen molar-refractivity contribution in [2.75, 3.05) is 5.75 Å². The highest BCUT2D eigenvalue weighted by molar-refractivity contribution is 7.99. The topological polar surface area (TPSA) is 111 Å². The van der Waals surface area contributed by atoms with E-state index >= 15 is 0 Å². The van der Waals surface area contributed by atoms with Gasteiger partial charge in [0.2, 0.25) is 5.91 Å². The average molecular weight is 387 g/mol. The summed E-state index contributed by atoms with van der Waals surface area (Å²) in [5.41, 5.74) is 4.10. The number of carbonyl (C=O) groups is 2. The van der Waals surface area contributed by atoms with Crippen LogP contribution in [-0.4, -0.2) is 28.8 Å². The van der Waals surface area contributed by atoms with Crippen LogP contribution in [0.5, 0.6) is 5.75 Å². The molecule has 2 aromatic carbocycles. The first-order valence-electron chi connectivity index (χ1n) is 7.85. The van der Waals surface area contributed by atoms with Gasteiger partial charge in [0, 0.05) is 24.8 Å². The van der Waals surface area contributed by atoms with E-state index in [4.69, 9.17) is 4.74 Å². The summed E-state index contributed by atoms with van der Waals surface area (Å²) in [5, 5.41) is 14.5. The molecule has 0 saturated heterocycles. The second-order valence-corrected chi connectivity index (χ2v) is 6.36. The van der Waals surface area contributed by atoms with E-state index in [1.807, 2.05) is 0 Å². The number of thioether (sulfide) groups is 1. The number of nitrogens with zero attached hydrogens (tertiary/aromatic N) is 2.